The standard InChI is InChI=1S/2C19H23NO3S.2C18H21NO4S.C16H22N2OS.C8H15NO5/c2*1-19(2,3)23-18(21)20-16(17-11-22-17)12-24-15-9-8-13-6-4-5-7-14(13)10-15;2*1-18(2,3)23-17(22)19-15(16(20)21)11-24-14-9-8-12-6-4-5-7-13(12)10-14;1-17-10-16(19)15(18-2)11-20-14-8-7-12-5-3-4-6-13(12)9-14;1-8(2,3)14-7(13)9-5(4-10)6(11)12/h2*4-10,16-17H,11-12H2,1-3H3,(H,20,21);2*4-10,15H,11H2,1-3H3,(H,19,22)(H,20,21);3-9,15-19H,10-11H2,1-2H3;5,10H,4H2,1-3H3,(H,9,13)(H,11,12)/t16-,17?;16-,17+;2*15-;15-,16+;5-/m000000/s1. The van der Waals surface area contributed by atoms with Crippen LogP contribution in [0.4, 0.5) is 24.0 Å². The summed E-state index contributed by atoms with van der Waals surface area (Å²) < 4.78 is 36.4. The minimum absolute atomic E-state index is 0.0451. The first-order valence-corrected chi connectivity index (χ1v) is 47.3. The predicted molar refractivity (Wildman–Crippen MR) is 521 cm³/mol. The van der Waals surface area contributed by atoms with Crippen LogP contribution in [0, 0.1) is 0 Å². The molecule has 2 aliphatic heterocycles. The third kappa shape index (κ3) is 41.5. The topological polar surface area (TPSA) is 393 Å². The molecule has 0 aromatic heterocycles. The zero-order valence-electron chi connectivity index (χ0n) is 76.7. The fraction of sp³-hybridized carbons (Fsp3) is 0.408. The van der Waals surface area contributed by atoms with Crippen molar-refractivity contribution in [2.75, 3.05) is 69.2 Å². The molecule has 10 aromatic carbocycles. The summed E-state index contributed by atoms with van der Waals surface area (Å²) in [6.45, 7) is 27.8. The second-order valence-electron chi connectivity index (χ2n) is 35.2. The number of aliphatic hydroxyl groups is 2. The van der Waals surface area contributed by atoms with Crippen LogP contribution in [0.5, 0.6) is 0 Å². The first-order chi connectivity index (χ1) is 61.3. The van der Waals surface area contributed by atoms with Gasteiger partial charge in [-0.25, -0.2) is 38.4 Å². The van der Waals surface area contributed by atoms with E-state index in [0.717, 1.165) is 48.6 Å². The van der Waals surface area contributed by atoms with E-state index in [1.54, 1.807) is 97.6 Å². The molecule has 0 spiro atoms. The van der Waals surface area contributed by atoms with E-state index >= 15 is 0 Å². The number of aliphatic hydroxyl groups excluding tert-OH is 2. The zero-order chi connectivity index (χ0) is 95.5. The number of likely N-dealkylation sites (N-methyl/N-ethyl adjacent to an activating group) is 2. The summed E-state index contributed by atoms with van der Waals surface area (Å²) in [5.41, 5.74) is -3.02. The number of benzene rings is 10. The number of epoxide rings is 2. The predicted octanol–water partition coefficient (Wildman–Crippen LogP) is 18.3. The number of aliphatic carboxylic acids is 3. The highest BCUT2D eigenvalue weighted by Gasteiger charge is 2.37. The summed E-state index contributed by atoms with van der Waals surface area (Å²) in [5.74, 6) is -0.705. The number of fused-ring (bicyclic) bond motifs is 5. The molecule has 10 aromatic rings. The Labute approximate surface area is 782 Å². The van der Waals surface area contributed by atoms with Gasteiger partial charge in [-0.1, -0.05) is 152 Å². The SMILES string of the molecule is CC(C)(C)OC(=O)N[C@@H](CO)C(=O)O.CC(C)(C)OC(=O)N[C@@H](CSc1ccc2ccccc2c1)C(=O)O.CC(C)(C)OC(=O)N[C@@H](CSc1ccc2ccccc2c1)C(=O)O.CC(C)(C)OC(=O)N[C@@H](CSc1ccc2ccccc2c1)C1CO1.CC(C)(C)OC(=O)N[C@@H](CSc1ccc2ccccc2c1)[C@H]1CO1.CNC[C@@H](O)[C@H](CSc1ccc2ccccc2c1)NC. The molecule has 2 saturated heterocycles. The average Bonchev–Trinajstić information content (AvgIpc) is 0.950. The molecule has 702 valence electrons. The maximum atomic E-state index is 12.0. The van der Waals surface area contributed by atoms with E-state index in [0.29, 0.717) is 19.8 Å². The third-order valence-corrected chi connectivity index (χ3v) is 23.7. The number of ether oxygens (including phenoxy) is 7. The number of thioether (sulfide) groups is 5. The Bertz CT molecular complexity index is 5090. The van der Waals surface area contributed by atoms with Crippen LogP contribution >= 0.6 is 58.8 Å². The number of nitrogens with one attached hydrogen (secondary N) is 7. The number of carbonyl (C=O) groups is 8. The Morgan fingerprint density at radius 2 is 0.562 bits per heavy atom. The van der Waals surface area contributed by atoms with Crippen LogP contribution < -0.4 is 37.2 Å². The highest BCUT2D eigenvalue weighted by Crippen LogP contribution is 2.32. The minimum atomic E-state index is -1.33. The van der Waals surface area contributed by atoms with E-state index in [1.807, 2.05) is 170 Å². The second-order valence-corrected chi connectivity index (χ2v) is 40.6. The highest BCUT2D eigenvalue weighted by atomic mass is 32.2. The van der Waals surface area contributed by atoms with Crippen LogP contribution in [0.1, 0.15) is 104 Å². The van der Waals surface area contributed by atoms with E-state index < -0.39 is 88.9 Å². The van der Waals surface area contributed by atoms with E-state index in [9.17, 15) is 53.7 Å². The van der Waals surface area contributed by atoms with Crippen LogP contribution in [0.15, 0.2) is 237 Å². The van der Waals surface area contributed by atoms with Crippen LogP contribution in [0.2, 0.25) is 0 Å². The number of hydrogen-bond donors (Lipinski definition) is 12. The molecule has 130 heavy (non-hydrogen) atoms. The third-order valence-electron chi connectivity index (χ3n) is 18.1. The summed E-state index contributed by atoms with van der Waals surface area (Å²) in [6.07, 6.45) is -3.29. The molecule has 27 nitrogen and oxygen atoms in total. The molecule has 2 heterocycles. The lowest BCUT2D eigenvalue weighted by atomic mass is 10.1. The Kier molecular flexibility index (Phi) is 42.3. The Morgan fingerprint density at radius 1 is 0.338 bits per heavy atom. The quantitative estimate of drug-likeness (QED) is 0.0113. The van der Waals surface area contributed by atoms with Gasteiger partial charge in [0.05, 0.1) is 38.0 Å². The summed E-state index contributed by atoms with van der Waals surface area (Å²) in [5, 5.41) is 76.4. The molecule has 12 rings (SSSR count). The van der Waals surface area contributed by atoms with E-state index in [2.05, 4.69) is 135 Å². The van der Waals surface area contributed by atoms with Crippen molar-refractivity contribution in [2.24, 2.45) is 0 Å². The maximum absolute atomic E-state index is 12.0. The molecular formula is C98H125N7O20S5. The molecule has 2 aliphatic rings. The molecule has 0 bridgehead atoms. The number of carbonyl (C=O) groups excluding carboxylic acids is 5. The van der Waals surface area contributed by atoms with Crippen molar-refractivity contribution in [2.45, 2.75) is 211 Å². The van der Waals surface area contributed by atoms with Gasteiger partial charge in [-0.2, -0.15) is 0 Å². The van der Waals surface area contributed by atoms with Crippen molar-refractivity contribution in [3.63, 3.8) is 0 Å². The fourth-order valence-corrected chi connectivity index (χ4v) is 16.9. The fourth-order valence-electron chi connectivity index (χ4n) is 11.8. The van der Waals surface area contributed by atoms with Gasteiger partial charge in [0.25, 0.3) is 0 Å². The number of alkyl carbamates (subject to hydrolysis) is 5. The number of carboxylic acids is 3. The van der Waals surface area contributed by atoms with E-state index in [1.165, 1.54) is 70.5 Å². The van der Waals surface area contributed by atoms with Crippen LogP contribution in [0.3, 0.4) is 0 Å². The number of hydrogen-bond acceptors (Lipinski definition) is 24. The number of rotatable bonds is 30. The lowest BCUT2D eigenvalue weighted by molar-refractivity contribution is -0.141. The molecule has 5 amide bonds. The van der Waals surface area contributed by atoms with Gasteiger partial charge < -0.3 is 95.9 Å². The summed E-state index contributed by atoms with van der Waals surface area (Å²) in [7, 11) is 3.75. The first-order valence-electron chi connectivity index (χ1n) is 42.4. The Morgan fingerprint density at radius 3 is 0.777 bits per heavy atom. The van der Waals surface area contributed by atoms with Crippen molar-refractivity contribution in [3.8, 4) is 0 Å². The van der Waals surface area contributed by atoms with Crippen molar-refractivity contribution in [3.05, 3.63) is 212 Å². The van der Waals surface area contributed by atoms with Crippen molar-refractivity contribution in [1.82, 2.24) is 37.2 Å². The van der Waals surface area contributed by atoms with Crippen LogP contribution in [-0.2, 0) is 47.5 Å². The molecule has 9 atom stereocenters. The Hall–Kier alpha value is -10.2. The lowest BCUT2D eigenvalue weighted by Crippen LogP contribution is -2.45. The number of amides is 5. The van der Waals surface area contributed by atoms with E-state index in [4.69, 9.17) is 43.4 Å². The highest BCUT2D eigenvalue weighted by molar-refractivity contribution is 8.00. The Balaban J connectivity index is 0.000000215. The normalized spacial score (nSPS) is 15.0. The molecule has 1 unspecified atom stereocenters. The van der Waals surface area contributed by atoms with Crippen LogP contribution in [-0.4, -0.2) is 226 Å². The van der Waals surface area contributed by atoms with Gasteiger partial charge in [0.2, 0.25) is 0 Å². The van der Waals surface area contributed by atoms with Gasteiger partial charge in [0, 0.05) is 65.8 Å². The smallest absolute Gasteiger partial charge is 0.408 e. The number of carboxylic acid groups (broad SMARTS) is 3. The van der Waals surface area contributed by atoms with Crippen LogP contribution in [0.25, 0.3) is 53.9 Å². The monoisotopic (exact) mass is 1880 g/mol. The zero-order valence-corrected chi connectivity index (χ0v) is 80.8. The van der Waals surface area contributed by atoms with Crippen molar-refractivity contribution < 1.29 is 97.0 Å². The van der Waals surface area contributed by atoms with Gasteiger partial charge >= 0.3 is 48.4 Å². The molecule has 32 heteroatoms. The summed E-state index contributed by atoms with van der Waals surface area (Å²) in [4.78, 5) is 97.1. The molecule has 12 N–H and O–H groups in total. The molecule has 0 radical (unpaired) electrons. The largest absolute Gasteiger partial charge is 0.480 e. The minimum Gasteiger partial charge on any atom is -0.480 e. The second kappa shape index (κ2) is 51.5. The van der Waals surface area contributed by atoms with Gasteiger partial charge in [-0.05, 0) is 232 Å². The maximum Gasteiger partial charge on any atom is 0.408 e. The van der Waals surface area contributed by atoms with Gasteiger partial charge in [-0.15, -0.1) is 58.8 Å². The van der Waals surface area contributed by atoms with Gasteiger partial charge in [0.15, 0.2) is 6.04 Å². The van der Waals surface area contributed by atoms with Gasteiger partial charge in [0.1, 0.15) is 52.3 Å². The first kappa shape index (κ1) is 107. The summed E-state index contributed by atoms with van der Waals surface area (Å²) in [6, 6.07) is 68.8. The molecule has 0 saturated carbocycles. The average molecular weight is 1880 g/mol. The van der Waals surface area contributed by atoms with Gasteiger partial charge in [-0.3, -0.25) is 0 Å². The lowest BCUT2D eigenvalue weighted by Gasteiger charge is -2.22. The van der Waals surface area contributed by atoms with Crippen molar-refractivity contribution >= 4 is 161 Å². The summed E-state index contributed by atoms with van der Waals surface area (Å²) >= 11 is 7.98. The van der Waals surface area contributed by atoms with E-state index in [-0.39, 0.29) is 60.1 Å². The molecular weight excluding hydrogens is 1760 g/mol. The van der Waals surface area contributed by atoms with Crippen molar-refractivity contribution in [1.29, 1.82) is 0 Å². The molecule has 0 aliphatic carbocycles. The molecule has 2 fully saturated rings.